The third kappa shape index (κ3) is 1.23. The predicted octanol–water partition coefficient (Wildman–Crippen LogP) is 0.751. The Labute approximate surface area is 114 Å². The molecule has 1 spiro atoms. The lowest BCUT2D eigenvalue weighted by Crippen LogP contribution is -3.18. The molecule has 4 aliphatic rings. The van der Waals surface area contributed by atoms with Gasteiger partial charge in [-0.05, 0) is 41.5 Å². The van der Waals surface area contributed by atoms with E-state index in [1.807, 2.05) is 0 Å². The lowest BCUT2D eigenvalue weighted by Gasteiger charge is -2.35. The average Bonchev–Trinajstić information content (AvgIpc) is 2.79. The van der Waals surface area contributed by atoms with Crippen molar-refractivity contribution in [3.05, 3.63) is 21.3 Å². The molecule has 0 aromatic rings. The minimum atomic E-state index is -0.261. The first-order valence-electron chi connectivity index (χ1n) is 6.39. The maximum absolute atomic E-state index is 11.7. The fraction of sp³-hybridized carbons (Fsp3) is 0.615. The van der Waals surface area contributed by atoms with Gasteiger partial charge in [0.1, 0.15) is 12.1 Å². The maximum Gasteiger partial charge on any atom is 0.332 e. The van der Waals surface area contributed by atoms with Crippen LogP contribution in [0.3, 0.4) is 0 Å². The molecule has 2 bridgehead atoms. The lowest BCUT2D eigenvalue weighted by atomic mass is 9.80. The van der Waals surface area contributed by atoms with Gasteiger partial charge in [-0.15, -0.1) is 0 Å². The van der Waals surface area contributed by atoms with Gasteiger partial charge in [-0.1, -0.05) is 0 Å². The van der Waals surface area contributed by atoms with Crippen LogP contribution >= 0.6 is 22.6 Å². The second-order valence-electron chi connectivity index (χ2n) is 5.57. The Hall–Kier alpha value is -0.360. The number of halogens is 1. The van der Waals surface area contributed by atoms with E-state index in [0.29, 0.717) is 12.1 Å². The van der Waals surface area contributed by atoms with Crippen molar-refractivity contribution in [2.75, 3.05) is 6.54 Å². The highest BCUT2D eigenvalue weighted by atomic mass is 127. The third-order valence-corrected chi connectivity index (χ3v) is 5.76. The van der Waals surface area contributed by atoms with Gasteiger partial charge in [-0.2, -0.15) is 0 Å². The number of carbonyl (C=O) groups excluding carboxylic acids is 1. The predicted molar refractivity (Wildman–Crippen MR) is 70.9 cm³/mol. The Bertz CT molecular complexity index is 470. The van der Waals surface area contributed by atoms with Gasteiger partial charge >= 0.3 is 5.97 Å². The maximum atomic E-state index is 11.7. The minimum Gasteiger partial charge on any atom is -0.444 e. The van der Waals surface area contributed by atoms with Gasteiger partial charge < -0.3 is 9.64 Å². The molecule has 17 heavy (non-hydrogen) atoms. The number of hydrogen-bond acceptors (Lipinski definition) is 2. The summed E-state index contributed by atoms with van der Waals surface area (Å²) in [6.07, 6.45) is 8.89. The highest BCUT2D eigenvalue weighted by molar-refractivity contribution is 14.1. The number of esters is 1. The van der Waals surface area contributed by atoms with Crippen LogP contribution in [-0.2, 0) is 9.53 Å². The normalized spacial score (nSPS) is 46.9. The number of quaternary nitrogens is 1. The van der Waals surface area contributed by atoms with Gasteiger partial charge in [-0.3, -0.25) is 0 Å². The molecule has 4 heteroatoms. The van der Waals surface area contributed by atoms with Crippen LogP contribution in [0.1, 0.15) is 25.7 Å². The van der Waals surface area contributed by atoms with E-state index >= 15 is 0 Å². The van der Waals surface area contributed by atoms with Crippen molar-refractivity contribution in [1.82, 2.24) is 0 Å². The first-order chi connectivity index (χ1) is 8.21. The Kier molecular flexibility index (Phi) is 2.08. The molecule has 1 unspecified atom stereocenters. The van der Waals surface area contributed by atoms with Gasteiger partial charge in [0.15, 0.2) is 5.60 Å². The first kappa shape index (κ1) is 10.6. The van der Waals surface area contributed by atoms with E-state index < -0.39 is 0 Å². The van der Waals surface area contributed by atoms with Gasteiger partial charge in [0.25, 0.3) is 0 Å². The van der Waals surface area contributed by atoms with Crippen LogP contribution < -0.4 is 4.90 Å². The van der Waals surface area contributed by atoms with E-state index in [1.54, 1.807) is 11.0 Å². The van der Waals surface area contributed by atoms with Crippen molar-refractivity contribution < 1.29 is 14.4 Å². The summed E-state index contributed by atoms with van der Waals surface area (Å²) < 4.78 is 7.03. The number of ether oxygens (including phenoxy) is 1. The monoisotopic (exact) mass is 344 g/mol. The molecule has 4 rings (SSSR count). The van der Waals surface area contributed by atoms with Crippen molar-refractivity contribution >= 4 is 28.6 Å². The lowest BCUT2D eigenvalue weighted by molar-refractivity contribution is -0.937. The van der Waals surface area contributed by atoms with E-state index in [1.165, 1.54) is 35.0 Å². The van der Waals surface area contributed by atoms with Gasteiger partial charge in [0, 0.05) is 21.6 Å². The molecular formula is C13H15INO2+. The Morgan fingerprint density at radius 2 is 2.35 bits per heavy atom. The summed E-state index contributed by atoms with van der Waals surface area (Å²) in [4.78, 5) is 13.3. The molecule has 2 saturated heterocycles. The Balaban J connectivity index is 1.87. The third-order valence-electron chi connectivity index (χ3n) is 4.82. The summed E-state index contributed by atoms with van der Waals surface area (Å²) in [5.41, 5.74) is 0.907. The molecule has 3 nitrogen and oxygen atoms in total. The number of hydrogen-bond donors (Lipinski definition) is 1. The minimum absolute atomic E-state index is 0.130. The summed E-state index contributed by atoms with van der Waals surface area (Å²) in [5.74, 6) is -0.130. The molecular weight excluding hydrogens is 329 g/mol. The fourth-order valence-electron chi connectivity index (χ4n) is 4.23. The van der Waals surface area contributed by atoms with Crippen LogP contribution in [0.15, 0.2) is 21.3 Å². The van der Waals surface area contributed by atoms with E-state index in [4.69, 9.17) is 4.74 Å². The van der Waals surface area contributed by atoms with Gasteiger partial charge in [0.2, 0.25) is 0 Å². The summed E-state index contributed by atoms with van der Waals surface area (Å²) >= 11 is 2.37. The molecule has 90 valence electrons. The van der Waals surface area contributed by atoms with Crippen molar-refractivity contribution in [1.29, 1.82) is 0 Å². The molecule has 1 aliphatic carbocycles. The number of fused-ring (bicyclic) bond motifs is 3. The molecule has 1 N–H and O–H groups in total. The first-order valence-corrected chi connectivity index (χ1v) is 7.47. The topological polar surface area (TPSA) is 30.7 Å². The Morgan fingerprint density at radius 3 is 3.24 bits per heavy atom. The van der Waals surface area contributed by atoms with Gasteiger partial charge in [0.05, 0.1) is 13.0 Å². The molecule has 0 amide bonds. The van der Waals surface area contributed by atoms with Crippen LogP contribution in [0.25, 0.3) is 0 Å². The van der Waals surface area contributed by atoms with E-state index in [9.17, 15) is 4.79 Å². The molecule has 0 aromatic carbocycles. The molecule has 3 heterocycles. The van der Waals surface area contributed by atoms with E-state index in [2.05, 4.69) is 28.7 Å². The van der Waals surface area contributed by atoms with E-state index in [-0.39, 0.29) is 11.6 Å². The zero-order valence-corrected chi connectivity index (χ0v) is 11.7. The molecule has 0 saturated carbocycles. The van der Waals surface area contributed by atoms with Crippen LogP contribution in [-0.4, -0.2) is 30.2 Å². The number of nitrogens with one attached hydrogen (secondary N) is 1. The summed E-state index contributed by atoms with van der Waals surface area (Å²) in [5, 5.41) is 0. The smallest absolute Gasteiger partial charge is 0.332 e. The highest BCUT2D eigenvalue weighted by Gasteiger charge is 2.64. The Morgan fingerprint density at radius 1 is 1.47 bits per heavy atom. The van der Waals surface area contributed by atoms with Gasteiger partial charge in [-0.25, -0.2) is 4.79 Å². The summed E-state index contributed by atoms with van der Waals surface area (Å²) in [6.45, 7) is 1.24. The summed E-state index contributed by atoms with van der Waals surface area (Å²) in [6, 6.07) is 1.07. The number of piperidine rings is 1. The number of carbonyl (C=O) groups is 1. The van der Waals surface area contributed by atoms with Crippen molar-refractivity contribution in [3.8, 4) is 0 Å². The largest absolute Gasteiger partial charge is 0.444 e. The zero-order chi connectivity index (χ0) is 11.6. The molecule has 0 aromatic heterocycles. The average molecular weight is 344 g/mol. The SMILES string of the molecule is O=C1C=C2C(I)=C[C@@H]3C[C@@]2(O1)[C@H]1CCCC[NH+]31. The molecule has 3 aliphatic heterocycles. The van der Waals surface area contributed by atoms with Crippen molar-refractivity contribution in [2.45, 2.75) is 43.4 Å². The van der Waals surface area contributed by atoms with Crippen LogP contribution in [0, 0.1) is 0 Å². The molecule has 0 radical (unpaired) electrons. The van der Waals surface area contributed by atoms with Crippen LogP contribution in [0.4, 0.5) is 0 Å². The standard InChI is InChI=1S/C13H14INO2/c14-10-5-8-7-13(9(10)6-12(16)17-13)11-3-1-2-4-15(8)11/h5-6,8,11H,1-4,7H2/p+1/t8-,11-,13+/m1/s1. The molecule has 4 atom stereocenters. The molecule has 2 fully saturated rings. The van der Waals surface area contributed by atoms with Crippen LogP contribution in [0.2, 0.25) is 0 Å². The van der Waals surface area contributed by atoms with Crippen molar-refractivity contribution in [3.63, 3.8) is 0 Å². The fourth-order valence-corrected chi connectivity index (χ4v) is 5.28. The van der Waals surface area contributed by atoms with Crippen LogP contribution in [0.5, 0.6) is 0 Å². The number of rotatable bonds is 0. The summed E-state index contributed by atoms with van der Waals surface area (Å²) in [7, 11) is 0. The second-order valence-corrected chi connectivity index (χ2v) is 6.73. The van der Waals surface area contributed by atoms with E-state index in [0.717, 1.165) is 6.42 Å². The van der Waals surface area contributed by atoms with Crippen molar-refractivity contribution in [2.24, 2.45) is 0 Å². The zero-order valence-electron chi connectivity index (χ0n) is 9.54. The quantitative estimate of drug-likeness (QED) is 0.519. The second kappa shape index (κ2) is 3.35. The highest BCUT2D eigenvalue weighted by Crippen LogP contribution is 2.48.